The number of ether oxygens (including phenoxy) is 1. The van der Waals surface area contributed by atoms with Crippen LogP contribution in [0.3, 0.4) is 0 Å². The molecule has 2 rings (SSSR count). The molecule has 0 unspecified atom stereocenters. The average molecular weight is 425 g/mol. The number of alkyl carbamates (subject to hydrolysis) is 1. The zero-order valence-electron chi connectivity index (χ0n) is 12.2. The van der Waals surface area contributed by atoms with Gasteiger partial charge < -0.3 is 15.2 Å². The summed E-state index contributed by atoms with van der Waals surface area (Å²) in [6, 6.07) is 15.7. The molecule has 2 N–H and O–H groups in total. The Kier molecular flexibility index (Phi) is 6.40. The molecule has 2 aromatic rings. The number of benzene rings is 2. The quantitative estimate of drug-likeness (QED) is 0.698. The van der Waals surface area contributed by atoms with Crippen molar-refractivity contribution in [1.82, 2.24) is 5.32 Å². The van der Waals surface area contributed by atoms with Crippen LogP contribution in [0.5, 0.6) is 0 Å². The molecule has 1 atom stereocenters. The van der Waals surface area contributed by atoms with Gasteiger partial charge in [-0.3, -0.25) is 0 Å². The molecule has 0 heterocycles. The van der Waals surface area contributed by atoms with Gasteiger partial charge >= 0.3 is 12.1 Å². The van der Waals surface area contributed by atoms with E-state index in [4.69, 9.17) is 4.74 Å². The van der Waals surface area contributed by atoms with Crippen molar-refractivity contribution in [1.29, 1.82) is 0 Å². The standard InChI is InChI=1S/C17H16INO4/c18-14-8-4-7-13(9-14)10-15(16(20)21)19-17(22)23-11-12-5-2-1-3-6-12/h1-9,15H,10-11H2,(H,19,22)(H,20,21)/t15-/m1/s1. The van der Waals surface area contributed by atoms with Crippen molar-refractivity contribution >= 4 is 34.7 Å². The first-order valence-corrected chi connectivity index (χ1v) is 8.07. The molecule has 23 heavy (non-hydrogen) atoms. The molecule has 0 aliphatic heterocycles. The number of carboxylic acid groups (broad SMARTS) is 1. The minimum atomic E-state index is -1.10. The molecule has 0 spiro atoms. The molecular weight excluding hydrogens is 409 g/mol. The van der Waals surface area contributed by atoms with Gasteiger partial charge in [-0.2, -0.15) is 0 Å². The lowest BCUT2D eigenvalue weighted by atomic mass is 10.1. The third-order valence-electron chi connectivity index (χ3n) is 3.13. The molecular formula is C17H16INO4. The van der Waals surface area contributed by atoms with Crippen molar-refractivity contribution in [2.24, 2.45) is 0 Å². The molecule has 0 radical (unpaired) electrons. The summed E-state index contributed by atoms with van der Waals surface area (Å²) in [5, 5.41) is 11.7. The minimum absolute atomic E-state index is 0.0995. The molecule has 2 aromatic carbocycles. The Hall–Kier alpha value is -2.09. The van der Waals surface area contributed by atoms with E-state index >= 15 is 0 Å². The van der Waals surface area contributed by atoms with Crippen molar-refractivity contribution in [3.63, 3.8) is 0 Å². The van der Waals surface area contributed by atoms with Crippen molar-refractivity contribution < 1.29 is 19.4 Å². The predicted molar refractivity (Wildman–Crippen MR) is 94.0 cm³/mol. The Morgan fingerprint density at radius 1 is 1.09 bits per heavy atom. The summed E-state index contributed by atoms with van der Waals surface area (Å²) < 4.78 is 6.07. The van der Waals surface area contributed by atoms with E-state index in [1.807, 2.05) is 54.6 Å². The first kappa shape index (κ1) is 17.3. The van der Waals surface area contributed by atoms with Gasteiger partial charge in [-0.05, 0) is 45.9 Å². The molecule has 0 aliphatic carbocycles. The lowest BCUT2D eigenvalue weighted by Crippen LogP contribution is -2.42. The Bertz CT molecular complexity index is 675. The Morgan fingerprint density at radius 2 is 1.78 bits per heavy atom. The smallest absolute Gasteiger partial charge is 0.408 e. The van der Waals surface area contributed by atoms with Crippen LogP contribution in [0.4, 0.5) is 4.79 Å². The highest BCUT2D eigenvalue weighted by molar-refractivity contribution is 14.1. The zero-order chi connectivity index (χ0) is 16.7. The molecule has 0 saturated heterocycles. The normalized spacial score (nSPS) is 11.5. The Morgan fingerprint density at radius 3 is 2.43 bits per heavy atom. The average Bonchev–Trinajstić information content (AvgIpc) is 2.53. The highest BCUT2D eigenvalue weighted by Gasteiger charge is 2.21. The predicted octanol–water partition coefficient (Wildman–Crippen LogP) is 3.21. The van der Waals surface area contributed by atoms with E-state index in [0.717, 1.165) is 14.7 Å². The van der Waals surface area contributed by atoms with Gasteiger partial charge in [0.15, 0.2) is 0 Å². The molecule has 0 bridgehead atoms. The molecule has 6 heteroatoms. The van der Waals surface area contributed by atoms with E-state index in [0.29, 0.717) is 0 Å². The van der Waals surface area contributed by atoms with Crippen LogP contribution in [-0.2, 0) is 22.6 Å². The number of carbonyl (C=O) groups is 2. The van der Waals surface area contributed by atoms with Crippen LogP contribution >= 0.6 is 22.6 Å². The van der Waals surface area contributed by atoms with Crippen LogP contribution in [0, 0.1) is 3.57 Å². The first-order chi connectivity index (χ1) is 11.0. The van der Waals surface area contributed by atoms with E-state index in [2.05, 4.69) is 27.9 Å². The summed E-state index contributed by atoms with van der Waals surface area (Å²) in [6.45, 7) is 0.0995. The zero-order valence-corrected chi connectivity index (χ0v) is 14.4. The van der Waals surface area contributed by atoms with Gasteiger partial charge in [0.05, 0.1) is 0 Å². The third kappa shape index (κ3) is 5.90. The van der Waals surface area contributed by atoms with Crippen molar-refractivity contribution in [2.45, 2.75) is 19.1 Å². The lowest BCUT2D eigenvalue weighted by molar-refractivity contribution is -0.139. The van der Waals surface area contributed by atoms with Crippen LogP contribution in [0.1, 0.15) is 11.1 Å². The Labute approximate surface area is 147 Å². The number of carbonyl (C=O) groups excluding carboxylic acids is 1. The van der Waals surface area contributed by atoms with Crippen LogP contribution in [0.25, 0.3) is 0 Å². The monoisotopic (exact) mass is 425 g/mol. The lowest BCUT2D eigenvalue weighted by Gasteiger charge is -2.15. The second-order valence-corrected chi connectivity index (χ2v) is 6.18. The highest BCUT2D eigenvalue weighted by atomic mass is 127. The van der Waals surface area contributed by atoms with Gasteiger partial charge in [-0.15, -0.1) is 0 Å². The van der Waals surface area contributed by atoms with E-state index < -0.39 is 18.1 Å². The van der Waals surface area contributed by atoms with Gasteiger partial charge in [0.2, 0.25) is 0 Å². The fraction of sp³-hybridized carbons (Fsp3) is 0.176. The van der Waals surface area contributed by atoms with Crippen LogP contribution in [0.15, 0.2) is 54.6 Å². The molecule has 1 amide bonds. The molecule has 0 aliphatic rings. The van der Waals surface area contributed by atoms with E-state index in [1.165, 1.54) is 0 Å². The summed E-state index contributed by atoms with van der Waals surface area (Å²) in [6.07, 6.45) is -0.543. The number of halogens is 1. The van der Waals surface area contributed by atoms with Gasteiger partial charge in [0, 0.05) is 9.99 Å². The van der Waals surface area contributed by atoms with Gasteiger partial charge in [0.25, 0.3) is 0 Å². The Balaban J connectivity index is 1.91. The first-order valence-electron chi connectivity index (χ1n) is 6.99. The van der Waals surface area contributed by atoms with Crippen LogP contribution in [0.2, 0.25) is 0 Å². The van der Waals surface area contributed by atoms with E-state index in [-0.39, 0.29) is 13.0 Å². The SMILES string of the molecule is O=C(N[C@H](Cc1cccc(I)c1)C(=O)O)OCc1ccccc1. The van der Waals surface area contributed by atoms with E-state index in [9.17, 15) is 14.7 Å². The number of aliphatic carboxylic acids is 1. The summed E-state index contributed by atoms with van der Waals surface area (Å²) >= 11 is 2.16. The molecule has 0 aromatic heterocycles. The fourth-order valence-electron chi connectivity index (χ4n) is 2.01. The van der Waals surface area contributed by atoms with Gasteiger partial charge in [-0.1, -0.05) is 42.5 Å². The molecule has 120 valence electrons. The third-order valence-corrected chi connectivity index (χ3v) is 3.80. The maximum Gasteiger partial charge on any atom is 0.408 e. The highest BCUT2D eigenvalue weighted by Crippen LogP contribution is 2.10. The second kappa shape index (κ2) is 8.52. The van der Waals surface area contributed by atoms with Crippen molar-refractivity contribution in [3.8, 4) is 0 Å². The van der Waals surface area contributed by atoms with E-state index in [1.54, 1.807) is 0 Å². The molecule has 5 nitrogen and oxygen atoms in total. The minimum Gasteiger partial charge on any atom is -0.480 e. The second-order valence-electron chi connectivity index (χ2n) is 4.93. The number of rotatable bonds is 6. The number of nitrogens with one attached hydrogen (secondary N) is 1. The summed E-state index contributed by atoms with van der Waals surface area (Å²) in [7, 11) is 0. The number of amides is 1. The van der Waals surface area contributed by atoms with Gasteiger partial charge in [-0.25, -0.2) is 9.59 Å². The van der Waals surface area contributed by atoms with Crippen molar-refractivity contribution in [2.75, 3.05) is 0 Å². The maximum absolute atomic E-state index is 11.8. The largest absolute Gasteiger partial charge is 0.480 e. The van der Waals surface area contributed by atoms with Crippen molar-refractivity contribution in [3.05, 3.63) is 69.3 Å². The summed E-state index contributed by atoms with van der Waals surface area (Å²) in [5.74, 6) is -1.10. The van der Waals surface area contributed by atoms with Crippen LogP contribution < -0.4 is 5.32 Å². The summed E-state index contributed by atoms with van der Waals surface area (Å²) in [4.78, 5) is 23.1. The summed E-state index contributed by atoms with van der Waals surface area (Å²) in [5.41, 5.74) is 1.68. The number of hydrogen-bond donors (Lipinski definition) is 2. The topological polar surface area (TPSA) is 75.6 Å². The van der Waals surface area contributed by atoms with Gasteiger partial charge in [0.1, 0.15) is 12.6 Å². The van der Waals surface area contributed by atoms with Crippen LogP contribution in [-0.4, -0.2) is 23.2 Å². The fourth-order valence-corrected chi connectivity index (χ4v) is 2.61. The number of carboxylic acids is 1. The number of hydrogen-bond acceptors (Lipinski definition) is 3. The molecule has 0 fully saturated rings. The maximum atomic E-state index is 11.8. The molecule has 0 saturated carbocycles.